The molecule has 0 fully saturated rings. The number of hydrogen-bond donors (Lipinski definition) is 0. The molecule has 0 spiro atoms. The SMILES string of the molecule is C/C(=C\CC/C(C)=C/CC/C(C)=C/CO[Si](c1ccccc1)(c1ccccc1)C(C)(C)C)CCl. The van der Waals surface area contributed by atoms with Crippen LogP contribution in [0.2, 0.25) is 5.04 Å². The van der Waals surface area contributed by atoms with Gasteiger partial charge in [-0.3, -0.25) is 0 Å². The van der Waals surface area contributed by atoms with Gasteiger partial charge in [-0.1, -0.05) is 116 Å². The topological polar surface area (TPSA) is 9.23 Å². The Morgan fingerprint density at radius 1 is 0.735 bits per heavy atom. The van der Waals surface area contributed by atoms with Gasteiger partial charge in [-0.05, 0) is 61.9 Å². The molecule has 0 aliphatic rings. The monoisotopic (exact) mass is 494 g/mol. The van der Waals surface area contributed by atoms with Crippen LogP contribution in [0.5, 0.6) is 0 Å². The van der Waals surface area contributed by atoms with Crippen molar-refractivity contribution in [2.24, 2.45) is 0 Å². The van der Waals surface area contributed by atoms with Crippen LogP contribution in [-0.4, -0.2) is 20.8 Å². The van der Waals surface area contributed by atoms with Crippen molar-refractivity contribution in [3.63, 3.8) is 0 Å². The Bertz CT molecular complexity index is 912. The lowest BCUT2D eigenvalue weighted by Crippen LogP contribution is -2.66. The first kappa shape index (κ1) is 28.4. The largest absolute Gasteiger partial charge is 0.404 e. The van der Waals surface area contributed by atoms with Gasteiger partial charge in [-0.15, -0.1) is 11.6 Å². The molecule has 2 aromatic carbocycles. The summed E-state index contributed by atoms with van der Waals surface area (Å²) in [6.45, 7) is 14.2. The number of hydrogen-bond acceptors (Lipinski definition) is 1. The minimum Gasteiger partial charge on any atom is -0.404 e. The molecule has 1 nitrogen and oxygen atoms in total. The fourth-order valence-electron chi connectivity index (χ4n) is 4.42. The highest BCUT2D eigenvalue weighted by Crippen LogP contribution is 2.36. The van der Waals surface area contributed by atoms with Crippen molar-refractivity contribution in [2.45, 2.75) is 72.3 Å². The Morgan fingerprint density at radius 3 is 1.62 bits per heavy atom. The lowest BCUT2D eigenvalue weighted by molar-refractivity contribution is 0.338. The Hall–Kier alpha value is -1.87. The van der Waals surface area contributed by atoms with Crippen LogP contribution in [0.25, 0.3) is 0 Å². The van der Waals surface area contributed by atoms with Crippen molar-refractivity contribution in [3.05, 3.63) is 95.6 Å². The Balaban J connectivity index is 2.10. The van der Waals surface area contributed by atoms with Gasteiger partial charge in [-0.25, -0.2) is 0 Å². The highest BCUT2D eigenvalue weighted by Gasteiger charge is 2.49. The number of halogens is 1. The summed E-state index contributed by atoms with van der Waals surface area (Å²) in [5.74, 6) is 0.628. The lowest BCUT2D eigenvalue weighted by Gasteiger charge is -2.42. The van der Waals surface area contributed by atoms with Crippen molar-refractivity contribution in [3.8, 4) is 0 Å². The number of alkyl halides is 1. The first-order chi connectivity index (χ1) is 16.2. The fraction of sp³-hybridized carbons (Fsp3) is 0.419. The zero-order valence-electron chi connectivity index (χ0n) is 22.0. The highest BCUT2D eigenvalue weighted by atomic mass is 35.5. The van der Waals surface area contributed by atoms with Crippen LogP contribution in [-0.2, 0) is 4.43 Å². The molecular formula is C31H43ClOSi. The number of benzene rings is 2. The molecule has 0 N–H and O–H groups in total. The minimum absolute atomic E-state index is 0.00751. The summed E-state index contributed by atoms with van der Waals surface area (Å²) < 4.78 is 6.98. The third-order valence-corrected chi connectivity index (χ3v) is 11.8. The summed E-state index contributed by atoms with van der Waals surface area (Å²) in [6.07, 6.45) is 11.2. The van der Waals surface area contributed by atoms with E-state index in [1.807, 2.05) is 0 Å². The predicted octanol–water partition coefficient (Wildman–Crippen LogP) is 8.20. The average Bonchev–Trinajstić information content (AvgIpc) is 2.82. The molecule has 0 saturated carbocycles. The molecule has 0 aliphatic heterocycles. The molecule has 2 aromatic rings. The van der Waals surface area contributed by atoms with Crippen molar-refractivity contribution in [1.82, 2.24) is 0 Å². The summed E-state index contributed by atoms with van der Waals surface area (Å²) in [4.78, 5) is 0. The summed E-state index contributed by atoms with van der Waals surface area (Å²) in [6, 6.07) is 21.7. The molecule has 2 rings (SSSR count). The van der Waals surface area contributed by atoms with Gasteiger partial charge in [0, 0.05) is 5.88 Å². The second-order valence-corrected chi connectivity index (χ2v) is 14.9. The molecule has 0 saturated heterocycles. The van der Waals surface area contributed by atoms with E-state index >= 15 is 0 Å². The molecule has 0 radical (unpaired) electrons. The molecule has 3 heteroatoms. The van der Waals surface area contributed by atoms with E-state index in [1.165, 1.54) is 27.1 Å². The fourth-order valence-corrected chi connectivity index (χ4v) is 9.02. The summed E-state index contributed by atoms with van der Waals surface area (Å²) >= 11 is 5.85. The molecule has 34 heavy (non-hydrogen) atoms. The zero-order chi connectivity index (χ0) is 25.0. The highest BCUT2D eigenvalue weighted by molar-refractivity contribution is 6.99. The van der Waals surface area contributed by atoms with E-state index < -0.39 is 8.32 Å². The van der Waals surface area contributed by atoms with Crippen LogP contribution in [0.1, 0.15) is 67.2 Å². The van der Waals surface area contributed by atoms with E-state index in [2.05, 4.69) is 120 Å². The van der Waals surface area contributed by atoms with Crippen molar-refractivity contribution in [1.29, 1.82) is 0 Å². The van der Waals surface area contributed by atoms with E-state index in [9.17, 15) is 0 Å². The lowest BCUT2D eigenvalue weighted by atomic mass is 10.1. The Kier molecular flexibility index (Phi) is 11.6. The molecule has 0 bridgehead atoms. The van der Waals surface area contributed by atoms with Gasteiger partial charge in [0.05, 0.1) is 6.61 Å². The van der Waals surface area contributed by atoms with Crippen molar-refractivity contribution < 1.29 is 4.43 Å². The molecule has 0 amide bonds. The number of allylic oxidation sites excluding steroid dienone is 5. The van der Waals surface area contributed by atoms with E-state index in [1.54, 1.807) is 0 Å². The second-order valence-electron chi connectivity index (χ2n) is 10.3. The van der Waals surface area contributed by atoms with E-state index in [0.29, 0.717) is 12.5 Å². The van der Waals surface area contributed by atoms with Gasteiger partial charge in [0.1, 0.15) is 0 Å². The van der Waals surface area contributed by atoms with Gasteiger partial charge in [-0.2, -0.15) is 0 Å². The van der Waals surface area contributed by atoms with Gasteiger partial charge < -0.3 is 4.43 Å². The maximum Gasteiger partial charge on any atom is 0.261 e. The molecular weight excluding hydrogens is 452 g/mol. The normalized spacial score (nSPS) is 13.9. The van der Waals surface area contributed by atoms with Gasteiger partial charge in [0.15, 0.2) is 0 Å². The van der Waals surface area contributed by atoms with Crippen molar-refractivity contribution >= 4 is 30.3 Å². The van der Waals surface area contributed by atoms with Crippen LogP contribution in [0.15, 0.2) is 95.6 Å². The molecule has 184 valence electrons. The van der Waals surface area contributed by atoms with Crippen molar-refractivity contribution in [2.75, 3.05) is 12.5 Å². The second kappa shape index (κ2) is 13.9. The molecule has 0 atom stereocenters. The first-order valence-electron chi connectivity index (χ1n) is 12.5. The Morgan fingerprint density at radius 2 is 1.18 bits per heavy atom. The maximum atomic E-state index is 6.98. The van der Waals surface area contributed by atoms with Crippen LogP contribution >= 0.6 is 11.6 Å². The maximum absolute atomic E-state index is 6.98. The summed E-state index contributed by atoms with van der Waals surface area (Å²) in [5, 5.41) is 2.67. The van der Waals surface area contributed by atoms with Gasteiger partial charge >= 0.3 is 0 Å². The van der Waals surface area contributed by atoms with Crippen LogP contribution in [0.4, 0.5) is 0 Å². The molecule has 0 aromatic heterocycles. The van der Waals surface area contributed by atoms with Crippen LogP contribution in [0, 0.1) is 0 Å². The van der Waals surface area contributed by atoms with E-state index in [4.69, 9.17) is 16.0 Å². The third kappa shape index (κ3) is 8.11. The van der Waals surface area contributed by atoms with E-state index in [0.717, 1.165) is 25.7 Å². The van der Waals surface area contributed by atoms with E-state index in [-0.39, 0.29) is 5.04 Å². The Labute approximate surface area is 214 Å². The third-order valence-electron chi connectivity index (χ3n) is 6.42. The number of rotatable bonds is 12. The molecule has 0 aliphatic carbocycles. The van der Waals surface area contributed by atoms with Gasteiger partial charge in [0.2, 0.25) is 0 Å². The predicted molar refractivity (Wildman–Crippen MR) is 154 cm³/mol. The quantitative estimate of drug-likeness (QED) is 0.164. The first-order valence-corrected chi connectivity index (χ1v) is 14.9. The zero-order valence-corrected chi connectivity index (χ0v) is 23.8. The average molecular weight is 495 g/mol. The summed E-state index contributed by atoms with van der Waals surface area (Å²) in [7, 11) is -2.46. The minimum atomic E-state index is -2.46. The smallest absolute Gasteiger partial charge is 0.261 e. The van der Waals surface area contributed by atoms with Crippen LogP contribution < -0.4 is 10.4 Å². The molecule has 0 heterocycles. The molecule has 0 unspecified atom stereocenters. The summed E-state index contributed by atoms with van der Waals surface area (Å²) in [5.41, 5.74) is 4.10. The standard InChI is InChI=1S/C31H43ClOSi/c1-26(16-14-18-28(3)25-32)15-13-17-27(2)23-24-33-34(31(4,5)6,29-19-9-7-10-20-29)30-21-11-8-12-22-30/h7-12,15,18-23H,13-14,16-17,24-25H2,1-6H3/b26-15+,27-23+,28-18+. The van der Waals surface area contributed by atoms with Gasteiger partial charge in [0.25, 0.3) is 8.32 Å². The van der Waals surface area contributed by atoms with Crippen LogP contribution in [0.3, 0.4) is 0 Å².